The molecule has 2 aromatic rings. The number of benzene rings is 2. The molecule has 0 aromatic heterocycles. The maximum Gasteiger partial charge on any atom is 0.203 e. The monoisotopic (exact) mass is 483 g/mol. The van der Waals surface area contributed by atoms with Gasteiger partial charge in [-0.1, -0.05) is 11.6 Å². The van der Waals surface area contributed by atoms with E-state index in [0.717, 1.165) is 34.6 Å². The van der Waals surface area contributed by atoms with E-state index in [0.29, 0.717) is 41.2 Å². The molecule has 1 heterocycles. The summed E-state index contributed by atoms with van der Waals surface area (Å²) in [6.45, 7) is 0.915. The van der Waals surface area contributed by atoms with Crippen molar-refractivity contribution in [2.24, 2.45) is 5.73 Å². The third-order valence-electron chi connectivity index (χ3n) is 5.22. The van der Waals surface area contributed by atoms with Crippen molar-refractivity contribution < 1.29 is 28.4 Å². The Bertz CT molecular complexity index is 862. The van der Waals surface area contributed by atoms with Gasteiger partial charge in [0.2, 0.25) is 5.75 Å². The molecule has 1 aliphatic rings. The summed E-state index contributed by atoms with van der Waals surface area (Å²) in [6.07, 6.45) is 1.33. The van der Waals surface area contributed by atoms with Crippen LogP contribution >= 0.6 is 23.4 Å². The molecule has 0 radical (unpaired) electrons. The minimum Gasteiger partial charge on any atom is -0.495 e. The van der Waals surface area contributed by atoms with Gasteiger partial charge in [-0.3, -0.25) is 0 Å². The van der Waals surface area contributed by atoms with Crippen LogP contribution in [0.4, 0.5) is 0 Å². The molecule has 0 bridgehead atoms. The van der Waals surface area contributed by atoms with Gasteiger partial charge in [-0.2, -0.15) is 0 Å². The van der Waals surface area contributed by atoms with Crippen molar-refractivity contribution in [3.8, 4) is 23.0 Å². The van der Waals surface area contributed by atoms with E-state index in [4.69, 9.17) is 45.8 Å². The number of nitrogens with two attached hydrogens (primary N) is 1. The van der Waals surface area contributed by atoms with E-state index in [1.807, 2.05) is 24.3 Å². The van der Waals surface area contributed by atoms with Crippen molar-refractivity contribution >= 4 is 23.4 Å². The van der Waals surface area contributed by atoms with E-state index in [-0.39, 0.29) is 12.4 Å². The summed E-state index contributed by atoms with van der Waals surface area (Å²) in [5, 5.41) is 0.563. The predicted octanol–water partition coefficient (Wildman–Crippen LogP) is 4.82. The van der Waals surface area contributed by atoms with Crippen molar-refractivity contribution in [2.45, 2.75) is 36.7 Å². The highest BCUT2D eigenvalue weighted by atomic mass is 35.5. The maximum atomic E-state index is 6.27. The summed E-state index contributed by atoms with van der Waals surface area (Å²) in [7, 11) is 6.39. The van der Waals surface area contributed by atoms with Crippen LogP contribution in [0.5, 0.6) is 23.0 Å². The van der Waals surface area contributed by atoms with E-state index in [1.54, 1.807) is 40.2 Å². The van der Waals surface area contributed by atoms with Crippen LogP contribution in [-0.2, 0) is 16.0 Å². The van der Waals surface area contributed by atoms with Crippen LogP contribution in [0, 0.1) is 0 Å². The van der Waals surface area contributed by atoms with Crippen molar-refractivity contribution in [2.75, 3.05) is 40.8 Å². The zero-order valence-electron chi connectivity index (χ0n) is 18.8. The molecule has 2 atom stereocenters. The topological polar surface area (TPSA) is 81.4 Å². The SMILES string of the molecule is COc1cc(SCCO[C@@H]2CC[C@@H](c3cc(OC)c(OC)c(OC)c3)O2)cc(CN)c1Cl. The normalized spacial score (nSPS) is 17.9. The smallest absolute Gasteiger partial charge is 0.203 e. The van der Waals surface area contributed by atoms with E-state index in [9.17, 15) is 0 Å². The summed E-state index contributed by atoms with van der Waals surface area (Å²) >= 11 is 7.93. The van der Waals surface area contributed by atoms with Crippen LogP contribution in [0.2, 0.25) is 5.02 Å². The third-order valence-corrected chi connectivity index (χ3v) is 6.59. The first-order chi connectivity index (χ1) is 15.5. The first-order valence-corrected chi connectivity index (χ1v) is 11.7. The number of hydrogen-bond donors (Lipinski definition) is 1. The zero-order chi connectivity index (χ0) is 23.1. The highest BCUT2D eigenvalue weighted by Gasteiger charge is 2.29. The molecule has 0 spiro atoms. The van der Waals surface area contributed by atoms with Crippen LogP contribution in [0.3, 0.4) is 0 Å². The average Bonchev–Trinajstić information content (AvgIpc) is 3.30. The molecule has 1 aliphatic heterocycles. The molecule has 3 rings (SSSR count). The highest BCUT2D eigenvalue weighted by Crippen LogP contribution is 2.43. The zero-order valence-corrected chi connectivity index (χ0v) is 20.4. The van der Waals surface area contributed by atoms with Crippen molar-refractivity contribution in [1.82, 2.24) is 0 Å². The fraction of sp³-hybridized carbons (Fsp3) is 0.478. The Balaban J connectivity index is 1.53. The van der Waals surface area contributed by atoms with E-state index in [2.05, 4.69) is 0 Å². The van der Waals surface area contributed by atoms with Crippen LogP contribution in [0.25, 0.3) is 0 Å². The standard InChI is InChI=1S/C23H30ClNO6S/c1-26-18-12-16(9-15(13-25)22(18)24)32-8-7-30-21-6-5-17(31-21)14-10-19(27-2)23(29-4)20(11-14)28-3/h9-12,17,21H,5-8,13,25H2,1-4H3/t17-,21-/m0/s1. The molecular weight excluding hydrogens is 454 g/mol. The minimum absolute atomic E-state index is 0.0889. The molecule has 0 unspecified atom stereocenters. The molecule has 1 saturated heterocycles. The van der Waals surface area contributed by atoms with Gasteiger partial charge in [0, 0.05) is 23.6 Å². The largest absolute Gasteiger partial charge is 0.495 e. The van der Waals surface area contributed by atoms with E-state index >= 15 is 0 Å². The fourth-order valence-electron chi connectivity index (χ4n) is 3.61. The fourth-order valence-corrected chi connectivity index (χ4v) is 4.70. The Morgan fingerprint density at radius 3 is 2.25 bits per heavy atom. The van der Waals surface area contributed by atoms with E-state index in [1.165, 1.54) is 0 Å². The van der Waals surface area contributed by atoms with Gasteiger partial charge in [0.25, 0.3) is 0 Å². The number of methoxy groups -OCH3 is 4. The lowest BCUT2D eigenvalue weighted by molar-refractivity contribution is -0.130. The lowest BCUT2D eigenvalue weighted by Gasteiger charge is -2.18. The second-order valence-corrected chi connectivity index (χ2v) is 8.66. The quantitative estimate of drug-likeness (QED) is 0.360. The number of thioether (sulfide) groups is 1. The van der Waals surface area contributed by atoms with Gasteiger partial charge in [-0.05, 0) is 41.8 Å². The van der Waals surface area contributed by atoms with Gasteiger partial charge in [0.05, 0.1) is 46.2 Å². The lowest BCUT2D eigenvalue weighted by Crippen LogP contribution is -2.13. The highest BCUT2D eigenvalue weighted by molar-refractivity contribution is 7.99. The van der Waals surface area contributed by atoms with Gasteiger partial charge in [0.15, 0.2) is 17.8 Å². The molecular formula is C23H30ClNO6S. The summed E-state index contributed by atoms with van der Waals surface area (Å²) in [6, 6.07) is 7.75. The van der Waals surface area contributed by atoms with Gasteiger partial charge in [0.1, 0.15) is 5.75 Å². The Hall–Kier alpha value is -1.84. The lowest BCUT2D eigenvalue weighted by atomic mass is 10.1. The van der Waals surface area contributed by atoms with Crippen molar-refractivity contribution in [3.05, 3.63) is 40.4 Å². The van der Waals surface area contributed by atoms with Gasteiger partial charge in [-0.25, -0.2) is 0 Å². The van der Waals surface area contributed by atoms with E-state index < -0.39 is 0 Å². The van der Waals surface area contributed by atoms with Crippen LogP contribution in [0.15, 0.2) is 29.2 Å². The molecule has 7 nitrogen and oxygen atoms in total. The molecule has 0 aliphatic carbocycles. The molecule has 1 fully saturated rings. The summed E-state index contributed by atoms with van der Waals surface area (Å²) in [5.74, 6) is 3.19. The van der Waals surface area contributed by atoms with Crippen LogP contribution < -0.4 is 24.7 Å². The molecule has 2 aromatic carbocycles. The van der Waals surface area contributed by atoms with Gasteiger partial charge >= 0.3 is 0 Å². The maximum absolute atomic E-state index is 6.27. The van der Waals surface area contributed by atoms with Gasteiger partial charge < -0.3 is 34.2 Å². The Morgan fingerprint density at radius 2 is 1.66 bits per heavy atom. The van der Waals surface area contributed by atoms with Crippen LogP contribution in [0.1, 0.15) is 30.1 Å². The first-order valence-electron chi connectivity index (χ1n) is 10.3. The molecule has 9 heteroatoms. The molecule has 32 heavy (non-hydrogen) atoms. The number of hydrogen-bond acceptors (Lipinski definition) is 8. The second-order valence-electron chi connectivity index (χ2n) is 7.11. The Labute approximate surface area is 198 Å². The average molecular weight is 484 g/mol. The summed E-state index contributed by atoms with van der Waals surface area (Å²) in [4.78, 5) is 1.04. The molecule has 0 amide bonds. The summed E-state index contributed by atoms with van der Waals surface area (Å²) in [5.41, 5.74) is 7.62. The predicted molar refractivity (Wildman–Crippen MR) is 126 cm³/mol. The third kappa shape index (κ3) is 5.74. The molecule has 176 valence electrons. The molecule has 0 saturated carbocycles. The Morgan fingerprint density at radius 1 is 0.969 bits per heavy atom. The van der Waals surface area contributed by atoms with Gasteiger partial charge in [-0.15, -0.1) is 11.8 Å². The number of ether oxygens (including phenoxy) is 6. The second kappa shape index (κ2) is 11.9. The summed E-state index contributed by atoms with van der Waals surface area (Å²) < 4.78 is 33.7. The van der Waals surface area contributed by atoms with Crippen LogP contribution in [-0.4, -0.2) is 47.1 Å². The minimum atomic E-state index is -0.251. The Kier molecular flexibility index (Phi) is 9.19. The van der Waals surface area contributed by atoms with Crippen molar-refractivity contribution in [3.63, 3.8) is 0 Å². The first kappa shape index (κ1) is 24.8. The number of rotatable bonds is 11. The molecule has 2 N–H and O–H groups in total. The van der Waals surface area contributed by atoms with Crippen molar-refractivity contribution in [1.29, 1.82) is 0 Å². The number of halogens is 1.